The monoisotopic (exact) mass is 496 g/mol. The number of benzene rings is 2. The summed E-state index contributed by atoms with van der Waals surface area (Å²) in [5.74, 6) is -0.183. The SMILES string of the molecule is Cc1cccc(C(C)NS(=O)(=O)c2nc(-c3ccc4ncccc4c3)c(-c3ccccc3)nc2N)n1. The van der Waals surface area contributed by atoms with Crippen LogP contribution in [0.2, 0.25) is 0 Å². The standard InChI is InChI=1S/C27H24N6O2S/c1-17-8-6-12-22(30-17)18(2)33-36(34,35)27-26(28)31-24(19-9-4-3-5-10-19)25(32-27)21-13-14-23-20(16-21)11-7-15-29-23/h3-16,18,33H,1-2H3,(H2,28,31). The Kier molecular flexibility index (Phi) is 6.17. The van der Waals surface area contributed by atoms with E-state index in [4.69, 9.17) is 5.73 Å². The van der Waals surface area contributed by atoms with E-state index < -0.39 is 16.1 Å². The number of hydrogen-bond acceptors (Lipinski definition) is 7. The molecule has 9 heteroatoms. The van der Waals surface area contributed by atoms with Crippen molar-refractivity contribution in [2.75, 3.05) is 5.73 Å². The highest BCUT2D eigenvalue weighted by Gasteiger charge is 2.27. The number of nitrogen functional groups attached to an aromatic ring is 1. The van der Waals surface area contributed by atoms with Crippen LogP contribution in [0.25, 0.3) is 33.4 Å². The molecule has 0 fully saturated rings. The maximum atomic E-state index is 13.4. The van der Waals surface area contributed by atoms with Gasteiger partial charge in [-0.1, -0.05) is 48.5 Å². The molecule has 5 aromatic rings. The number of pyridine rings is 2. The molecule has 0 radical (unpaired) electrons. The zero-order valence-electron chi connectivity index (χ0n) is 19.8. The Morgan fingerprint density at radius 3 is 2.39 bits per heavy atom. The first-order valence-corrected chi connectivity index (χ1v) is 12.8. The molecule has 1 unspecified atom stereocenters. The highest BCUT2D eigenvalue weighted by Crippen LogP contribution is 2.33. The van der Waals surface area contributed by atoms with Crippen molar-refractivity contribution in [3.05, 3.63) is 96.4 Å². The number of nitrogens with one attached hydrogen (secondary N) is 1. The van der Waals surface area contributed by atoms with E-state index in [-0.39, 0.29) is 10.8 Å². The highest BCUT2D eigenvalue weighted by atomic mass is 32.2. The number of rotatable bonds is 6. The number of aromatic nitrogens is 4. The predicted molar refractivity (Wildman–Crippen MR) is 140 cm³/mol. The van der Waals surface area contributed by atoms with E-state index >= 15 is 0 Å². The Hall–Kier alpha value is -4.21. The van der Waals surface area contributed by atoms with Gasteiger partial charge in [0.2, 0.25) is 5.03 Å². The van der Waals surface area contributed by atoms with Gasteiger partial charge in [0.25, 0.3) is 10.0 Å². The van der Waals surface area contributed by atoms with Gasteiger partial charge in [-0.05, 0) is 44.2 Å². The molecule has 0 amide bonds. The number of anilines is 1. The van der Waals surface area contributed by atoms with Gasteiger partial charge in [-0.3, -0.25) is 9.97 Å². The van der Waals surface area contributed by atoms with Gasteiger partial charge in [0, 0.05) is 28.4 Å². The molecule has 3 aromatic heterocycles. The summed E-state index contributed by atoms with van der Waals surface area (Å²) >= 11 is 0. The van der Waals surface area contributed by atoms with Crippen molar-refractivity contribution in [1.29, 1.82) is 0 Å². The third-order valence-corrected chi connectivity index (χ3v) is 7.23. The van der Waals surface area contributed by atoms with Crippen molar-refractivity contribution in [3.8, 4) is 22.5 Å². The van der Waals surface area contributed by atoms with Crippen LogP contribution < -0.4 is 10.5 Å². The number of aryl methyl sites for hydroxylation is 1. The molecule has 0 saturated heterocycles. The van der Waals surface area contributed by atoms with Crippen LogP contribution >= 0.6 is 0 Å². The number of hydrogen-bond donors (Lipinski definition) is 2. The van der Waals surface area contributed by atoms with Crippen LogP contribution in [0.4, 0.5) is 5.82 Å². The number of nitrogens with two attached hydrogens (primary N) is 1. The second-order valence-corrected chi connectivity index (χ2v) is 10.1. The average molecular weight is 497 g/mol. The van der Waals surface area contributed by atoms with E-state index in [1.54, 1.807) is 19.2 Å². The Morgan fingerprint density at radius 2 is 1.61 bits per heavy atom. The fourth-order valence-corrected chi connectivity index (χ4v) is 5.24. The van der Waals surface area contributed by atoms with Crippen LogP contribution in [0, 0.1) is 6.92 Å². The van der Waals surface area contributed by atoms with Crippen LogP contribution in [-0.2, 0) is 10.0 Å². The van der Waals surface area contributed by atoms with Crippen molar-refractivity contribution in [2.24, 2.45) is 0 Å². The average Bonchev–Trinajstić information content (AvgIpc) is 2.88. The molecule has 5 rings (SSSR count). The second-order valence-electron chi connectivity index (χ2n) is 8.43. The maximum Gasteiger partial charge on any atom is 0.262 e. The van der Waals surface area contributed by atoms with Gasteiger partial charge in [0.05, 0.1) is 28.6 Å². The summed E-state index contributed by atoms with van der Waals surface area (Å²) in [7, 11) is -4.12. The topological polar surface area (TPSA) is 124 Å². The van der Waals surface area contributed by atoms with Crippen molar-refractivity contribution >= 4 is 26.7 Å². The first-order chi connectivity index (χ1) is 17.3. The largest absolute Gasteiger partial charge is 0.381 e. The lowest BCUT2D eigenvalue weighted by molar-refractivity contribution is 0.560. The Morgan fingerprint density at radius 1 is 0.833 bits per heavy atom. The van der Waals surface area contributed by atoms with E-state index in [1.807, 2.05) is 79.7 Å². The minimum absolute atomic E-state index is 0.183. The second kappa shape index (κ2) is 9.44. The first-order valence-electron chi connectivity index (χ1n) is 11.4. The smallest absolute Gasteiger partial charge is 0.262 e. The summed E-state index contributed by atoms with van der Waals surface area (Å²) < 4.78 is 29.5. The number of sulfonamides is 1. The highest BCUT2D eigenvalue weighted by molar-refractivity contribution is 7.89. The molecular formula is C27H24N6O2S. The lowest BCUT2D eigenvalue weighted by atomic mass is 10.0. The van der Waals surface area contributed by atoms with Crippen molar-refractivity contribution in [2.45, 2.75) is 24.9 Å². The Bertz CT molecular complexity index is 1670. The molecule has 36 heavy (non-hydrogen) atoms. The van der Waals surface area contributed by atoms with E-state index in [2.05, 4.69) is 24.7 Å². The third kappa shape index (κ3) is 4.66. The third-order valence-electron chi connectivity index (χ3n) is 5.75. The molecule has 0 saturated carbocycles. The van der Waals surface area contributed by atoms with Crippen LogP contribution in [0.1, 0.15) is 24.4 Å². The van der Waals surface area contributed by atoms with Crippen LogP contribution in [0.5, 0.6) is 0 Å². The molecule has 0 spiro atoms. The summed E-state index contributed by atoms with van der Waals surface area (Å²) in [6.45, 7) is 3.57. The Balaban J connectivity index is 1.64. The van der Waals surface area contributed by atoms with Gasteiger partial charge in [-0.15, -0.1) is 0 Å². The van der Waals surface area contributed by atoms with Gasteiger partial charge in [0.15, 0.2) is 5.82 Å². The van der Waals surface area contributed by atoms with E-state index in [0.29, 0.717) is 22.6 Å². The van der Waals surface area contributed by atoms with Crippen molar-refractivity contribution < 1.29 is 8.42 Å². The number of fused-ring (bicyclic) bond motifs is 1. The molecule has 0 bridgehead atoms. The van der Waals surface area contributed by atoms with E-state index in [9.17, 15) is 8.42 Å². The van der Waals surface area contributed by atoms with E-state index in [1.165, 1.54) is 0 Å². The van der Waals surface area contributed by atoms with Gasteiger partial charge in [0.1, 0.15) is 0 Å². The van der Waals surface area contributed by atoms with Crippen LogP contribution in [0.15, 0.2) is 90.1 Å². The van der Waals surface area contributed by atoms with Crippen molar-refractivity contribution in [1.82, 2.24) is 24.7 Å². The molecular weight excluding hydrogens is 472 g/mol. The van der Waals surface area contributed by atoms with Gasteiger partial charge in [-0.2, -0.15) is 0 Å². The summed E-state index contributed by atoms with van der Waals surface area (Å²) in [4.78, 5) is 17.9. The van der Waals surface area contributed by atoms with Gasteiger partial charge < -0.3 is 5.73 Å². The van der Waals surface area contributed by atoms with Crippen molar-refractivity contribution in [3.63, 3.8) is 0 Å². The molecule has 1 atom stereocenters. The van der Waals surface area contributed by atoms with Crippen LogP contribution in [0.3, 0.4) is 0 Å². The summed E-state index contributed by atoms with van der Waals surface area (Å²) in [6.07, 6.45) is 1.72. The Labute approximate surface area is 209 Å². The van der Waals surface area contributed by atoms with Crippen LogP contribution in [-0.4, -0.2) is 28.4 Å². The summed E-state index contributed by atoms with van der Waals surface area (Å²) in [5, 5.41) is 0.567. The molecule has 0 aliphatic carbocycles. The minimum Gasteiger partial charge on any atom is -0.381 e. The molecule has 0 aliphatic heterocycles. The quantitative estimate of drug-likeness (QED) is 0.350. The molecule has 180 valence electrons. The number of nitrogens with zero attached hydrogens (tertiary/aromatic N) is 4. The molecule has 0 aliphatic rings. The summed E-state index contributed by atoms with van der Waals surface area (Å²) in [5.41, 5.74) is 10.8. The fraction of sp³-hybridized carbons (Fsp3) is 0.111. The molecule has 3 N–H and O–H groups in total. The molecule has 8 nitrogen and oxygen atoms in total. The normalized spacial score (nSPS) is 12.5. The van der Waals surface area contributed by atoms with E-state index in [0.717, 1.165) is 22.2 Å². The molecule has 2 aromatic carbocycles. The lowest BCUT2D eigenvalue weighted by Gasteiger charge is -2.17. The molecule has 3 heterocycles. The van der Waals surface area contributed by atoms with Gasteiger partial charge in [-0.25, -0.2) is 23.1 Å². The first kappa shape index (κ1) is 23.5. The zero-order valence-corrected chi connectivity index (χ0v) is 20.6. The maximum absolute atomic E-state index is 13.4. The zero-order chi connectivity index (χ0) is 25.3. The lowest BCUT2D eigenvalue weighted by Crippen LogP contribution is -2.29. The fourth-order valence-electron chi connectivity index (χ4n) is 4.01. The predicted octanol–water partition coefficient (Wildman–Crippen LogP) is 4.68. The minimum atomic E-state index is -4.12. The summed E-state index contributed by atoms with van der Waals surface area (Å²) in [6, 6.07) is 23.7. The van der Waals surface area contributed by atoms with Gasteiger partial charge >= 0.3 is 0 Å².